The van der Waals surface area contributed by atoms with Crippen molar-refractivity contribution in [3.63, 3.8) is 0 Å². The van der Waals surface area contributed by atoms with E-state index in [0.29, 0.717) is 18.6 Å². The molecule has 0 saturated carbocycles. The van der Waals surface area contributed by atoms with Crippen LogP contribution in [0.15, 0.2) is 48.5 Å². The smallest absolute Gasteiger partial charge is 0.279 e. The van der Waals surface area contributed by atoms with E-state index < -0.39 is 23.7 Å². The number of ketones is 1. The molecule has 1 unspecified atom stereocenters. The Labute approximate surface area is 168 Å². The van der Waals surface area contributed by atoms with Gasteiger partial charge in [0.1, 0.15) is 11.5 Å². The Morgan fingerprint density at radius 3 is 2.38 bits per heavy atom. The maximum absolute atomic E-state index is 13.5. The van der Waals surface area contributed by atoms with E-state index >= 15 is 0 Å². The van der Waals surface area contributed by atoms with Gasteiger partial charge in [-0.25, -0.2) is 4.39 Å². The van der Waals surface area contributed by atoms with Gasteiger partial charge in [0, 0.05) is 6.42 Å². The van der Waals surface area contributed by atoms with Gasteiger partial charge in [0.25, 0.3) is 11.8 Å². The molecular formula is C21H23FN2O5. The van der Waals surface area contributed by atoms with Crippen LogP contribution in [0.1, 0.15) is 25.8 Å². The van der Waals surface area contributed by atoms with Crippen LogP contribution in [0.5, 0.6) is 11.5 Å². The van der Waals surface area contributed by atoms with Gasteiger partial charge in [-0.05, 0) is 50.1 Å². The summed E-state index contributed by atoms with van der Waals surface area (Å²) in [4.78, 5) is 34.8. The number of halogens is 1. The summed E-state index contributed by atoms with van der Waals surface area (Å²) in [5, 5.41) is 0. The molecule has 0 aliphatic heterocycles. The van der Waals surface area contributed by atoms with Gasteiger partial charge < -0.3 is 14.3 Å². The number of para-hydroxylation sites is 1. The van der Waals surface area contributed by atoms with E-state index in [2.05, 4.69) is 10.9 Å². The molecular weight excluding hydrogens is 379 g/mol. The predicted molar refractivity (Wildman–Crippen MR) is 104 cm³/mol. The zero-order chi connectivity index (χ0) is 21.2. The van der Waals surface area contributed by atoms with Crippen LogP contribution in [0.25, 0.3) is 0 Å². The Kier molecular flexibility index (Phi) is 8.14. The first kappa shape index (κ1) is 21.9. The number of rotatable bonds is 9. The van der Waals surface area contributed by atoms with Crippen LogP contribution >= 0.6 is 0 Å². The zero-order valence-corrected chi connectivity index (χ0v) is 16.2. The van der Waals surface area contributed by atoms with Gasteiger partial charge in [0.15, 0.2) is 24.3 Å². The number of amides is 2. The number of nitrogens with one attached hydrogen (secondary N) is 2. The van der Waals surface area contributed by atoms with Gasteiger partial charge in [-0.3, -0.25) is 20.4 Å². The molecule has 2 N–H and O–H groups in total. The lowest BCUT2D eigenvalue weighted by molar-refractivity contribution is -0.133. The zero-order valence-electron chi connectivity index (χ0n) is 16.2. The van der Waals surface area contributed by atoms with Gasteiger partial charge >= 0.3 is 0 Å². The minimum atomic E-state index is -1.02. The second kappa shape index (κ2) is 10.8. The Morgan fingerprint density at radius 2 is 1.72 bits per heavy atom. The van der Waals surface area contributed by atoms with Crippen LogP contribution in [0.3, 0.4) is 0 Å². The molecule has 2 aromatic carbocycles. The van der Waals surface area contributed by atoms with Gasteiger partial charge in [-0.15, -0.1) is 0 Å². The quantitative estimate of drug-likeness (QED) is 0.628. The minimum Gasteiger partial charge on any atom is -0.484 e. The molecule has 0 aliphatic carbocycles. The number of hydrogen-bond acceptors (Lipinski definition) is 5. The summed E-state index contributed by atoms with van der Waals surface area (Å²) in [5.41, 5.74) is 5.39. The summed E-state index contributed by atoms with van der Waals surface area (Å²) in [6.07, 6.45) is 0.104. The first-order valence-corrected chi connectivity index (χ1v) is 9.06. The molecule has 2 rings (SSSR count). The summed E-state index contributed by atoms with van der Waals surface area (Å²) >= 11 is 0. The Bertz CT molecular complexity index is 854. The maximum Gasteiger partial charge on any atom is 0.279 e. The highest BCUT2D eigenvalue weighted by Gasteiger charge is 2.17. The van der Waals surface area contributed by atoms with Crippen LogP contribution in [-0.2, 0) is 20.8 Å². The number of ether oxygens (including phenoxy) is 2. The SMILES string of the molecule is CC(=O)CCc1ccc(OCC(=O)NNC(=O)C(C)Oc2ccccc2F)cc1. The Hall–Kier alpha value is -3.42. The van der Waals surface area contributed by atoms with E-state index in [4.69, 9.17) is 9.47 Å². The van der Waals surface area contributed by atoms with Gasteiger partial charge in [0.2, 0.25) is 0 Å². The molecule has 2 aromatic rings. The number of carbonyl (C=O) groups is 3. The molecule has 154 valence electrons. The minimum absolute atomic E-state index is 0.0587. The first-order valence-electron chi connectivity index (χ1n) is 9.06. The van der Waals surface area contributed by atoms with Gasteiger partial charge in [-0.2, -0.15) is 0 Å². The number of hydrazine groups is 1. The lowest BCUT2D eigenvalue weighted by atomic mass is 10.1. The number of benzene rings is 2. The average Bonchev–Trinajstić information content (AvgIpc) is 2.71. The Balaban J connectivity index is 1.71. The van der Waals surface area contributed by atoms with Crippen LogP contribution in [-0.4, -0.2) is 30.3 Å². The number of Topliss-reactive ketones (excluding diaryl/α,β-unsaturated/α-hetero) is 1. The summed E-state index contributed by atoms with van der Waals surface area (Å²) in [5.74, 6) is -1.26. The van der Waals surface area contributed by atoms with Gasteiger partial charge in [0.05, 0.1) is 0 Å². The van der Waals surface area contributed by atoms with Crippen molar-refractivity contribution in [2.45, 2.75) is 32.8 Å². The summed E-state index contributed by atoms with van der Waals surface area (Å²) in [7, 11) is 0. The highest BCUT2D eigenvalue weighted by Crippen LogP contribution is 2.17. The molecule has 0 saturated heterocycles. The number of carbonyl (C=O) groups excluding carboxylic acids is 3. The summed E-state index contributed by atoms with van der Waals surface area (Å²) < 4.78 is 24.1. The number of aryl methyl sites for hydroxylation is 1. The van der Waals surface area contributed by atoms with Crippen molar-refractivity contribution in [1.29, 1.82) is 0 Å². The second-order valence-corrected chi connectivity index (χ2v) is 6.36. The van der Waals surface area contributed by atoms with Crippen LogP contribution in [0.4, 0.5) is 4.39 Å². The van der Waals surface area contributed by atoms with Crippen molar-refractivity contribution in [2.75, 3.05) is 6.61 Å². The molecule has 1 atom stereocenters. The van der Waals surface area contributed by atoms with Crippen LogP contribution < -0.4 is 20.3 Å². The van der Waals surface area contributed by atoms with E-state index in [1.807, 2.05) is 12.1 Å². The molecule has 29 heavy (non-hydrogen) atoms. The molecule has 8 heteroatoms. The van der Waals surface area contributed by atoms with E-state index in [0.717, 1.165) is 5.56 Å². The second-order valence-electron chi connectivity index (χ2n) is 6.36. The van der Waals surface area contributed by atoms with E-state index in [9.17, 15) is 18.8 Å². The van der Waals surface area contributed by atoms with Crippen molar-refractivity contribution in [3.8, 4) is 11.5 Å². The standard InChI is InChI=1S/C21H23FN2O5/c1-14(25)7-8-16-9-11-17(12-10-16)28-13-20(26)23-24-21(27)15(2)29-19-6-4-3-5-18(19)22/h3-6,9-12,15H,7-8,13H2,1-2H3,(H,23,26)(H,24,27). The van der Waals surface area contributed by atoms with Crippen molar-refractivity contribution >= 4 is 17.6 Å². The molecule has 0 aliphatic rings. The Morgan fingerprint density at radius 1 is 1.03 bits per heavy atom. The van der Waals surface area contributed by atoms with Crippen molar-refractivity contribution in [1.82, 2.24) is 10.9 Å². The van der Waals surface area contributed by atoms with Crippen molar-refractivity contribution in [3.05, 3.63) is 59.9 Å². The van der Waals surface area contributed by atoms with Crippen LogP contribution in [0, 0.1) is 5.82 Å². The molecule has 0 aromatic heterocycles. The summed E-state index contributed by atoms with van der Waals surface area (Å²) in [6, 6.07) is 12.7. The van der Waals surface area contributed by atoms with Crippen molar-refractivity contribution in [2.24, 2.45) is 0 Å². The average molecular weight is 402 g/mol. The molecule has 0 bridgehead atoms. The summed E-state index contributed by atoms with van der Waals surface area (Å²) in [6.45, 7) is 2.66. The lowest BCUT2D eigenvalue weighted by Gasteiger charge is -2.15. The lowest BCUT2D eigenvalue weighted by Crippen LogP contribution is -2.48. The predicted octanol–water partition coefficient (Wildman–Crippen LogP) is 2.34. The normalized spacial score (nSPS) is 11.3. The van der Waals surface area contributed by atoms with Crippen molar-refractivity contribution < 1.29 is 28.2 Å². The van der Waals surface area contributed by atoms with Gasteiger partial charge in [-0.1, -0.05) is 24.3 Å². The third-order valence-corrected chi connectivity index (χ3v) is 3.89. The topological polar surface area (TPSA) is 93.7 Å². The first-order chi connectivity index (χ1) is 13.8. The van der Waals surface area contributed by atoms with E-state index in [1.54, 1.807) is 25.1 Å². The largest absolute Gasteiger partial charge is 0.484 e. The molecule has 2 amide bonds. The monoisotopic (exact) mass is 402 g/mol. The maximum atomic E-state index is 13.5. The van der Waals surface area contributed by atoms with E-state index in [1.165, 1.54) is 25.1 Å². The van der Waals surface area contributed by atoms with Crippen LogP contribution in [0.2, 0.25) is 0 Å². The highest BCUT2D eigenvalue weighted by molar-refractivity contribution is 5.85. The molecule has 0 radical (unpaired) electrons. The molecule has 0 heterocycles. The third-order valence-electron chi connectivity index (χ3n) is 3.89. The van der Waals surface area contributed by atoms with E-state index in [-0.39, 0.29) is 18.1 Å². The molecule has 0 spiro atoms. The molecule has 7 nitrogen and oxygen atoms in total. The fourth-order valence-electron chi connectivity index (χ4n) is 2.27. The third kappa shape index (κ3) is 7.61. The molecule has 0 fully saturated rings. The fraction of sp³-hybridized carbons (Fsp3) is 0.286. The fourth-order valence-corrected chi connectivity index (χ4v) is 2.27. The highest BCUT2D eigenvalue weighted by atomic mass is 19.1. The number of hydrogen-bond donors (Lipinski definition) is 2.